The molecule has 0 amide bonds. The minimum Gasteiger partial charge on any atom is -0.423 e. The third-order valence-corrected chi connectivity index (χ3v) is 3.07. The van der Waals surface area contributed by atoms with Gasteiger partial charge in [0.05, 0.1) is 0 Å². The zero-order valence-electron chi connectivity index (χ0n) is 10.4. The van der Waals surface area contributed by atoms with Crippen LogP contribution >= 0.6 is 0 Å². The van der Waals surface area contributed by atoms with Gasteiger partial charge in [-0.3, -0.25) is 0 Å². The van der Waals surface area contributed by atoms with Gasteiger partial charge in [-0.05, 0) is 41.5 Å². The molecule has 0 N–H and O–H groups in total. The van der Waals surface area contributed by atoms with Gasteiger partial charge in [-0.2, -0.15) is 0 Å². The summed E-state index contributed by atoms with van der Waals surface area (Å²) in [4.78, 5) is 11.7. The van der Waals surface area contributed by atoms with Crippen LogP contribution in [0.3, 0.4) is 0 Å². The third-order valence-electron chi connectivity index (χ3n) is 3.07. The first-order valence-electron chi connectivity index (χ1n) is 5.98. The molecule has 3 rings (SSSR count). The van der Waals surface area contributed by atoms with E-state index in [2.05, 4.69) is 5.92 Å². The molecule has 0 spiro atoms. The van der Waals surface area contributed by atoms with Gasteiger partial charge in [0.1, 0.15) is 11.4 Å². The highest BCUT2D eigenvalue weighted by Crippen LogP contribution is 2.27. The highest BCUT2D eigenvalue weighted by molar-refractivity contribution is 5.93. The average Bonchev–Trinajstić information content (AvgIpc) is 2.46. The Hall–Kier alpha value is -2.86. The molecule has 96 valence electrons. The molecule has 1 aromatic heterocycles. The number of terminal acetylenes is 1. The van der Waals surface area contributed by atoms with E-state index in [0.29, 0.717) is 16.7 Å². The van der Waals surface area contributed by atoms with Crippen LogP contribution in [-0.2, 0) is 0 Å². The number of halogens is 1. The average molecular weight is 264 g/mol. The molecule has 20 heavy (non-hydrogen) atoms. The number of fused-ring (bicyclic) bond motifs is 1. The summed E-state index contributed by atoms with van der Waals surface area (Å²) in [6.07, 6.45) is 5.33. The fourth-order valence-corrected chi connectivity index (χ4v) is 2.12. The summed E-state index contributed by atoms with van der Waals surface area (Å²) in [5.41, 5.74) is 2.03. The second-order valence-corrected chi connectivity index (χ2v) is 4.34. The molecule has 0 saturated carbocycles. The van der Waals surface area contributed by atoms with Gasteiger partial charge in [0.25, 0.3) is 0 Å². The lowest BCUT2D eigenvalue weighted by Crippen LogP contribution is -1.98. The molecule has 0 radical (unpaired) electrons. The topological polar surface area (TPSA) is 30.2 Å². The number of hydrogen-bond donors (Lipinski definition) is 0. The van der Waals surface area contributed by atoms with Gasteiger partial charge in [-0.25, -0.2) is 9.18 Å². The monoisotopic (exact) mass is 264 g/mol. The first kappa shape index (κ1) is 12.2. The summed E-state index contributed by atoms with van der Waals surface area (Å²) >= 11 is 0. The minimum atomic E-state index is -0.467. The Kier molecular flexibility index (Phi) is 2.85. The van der Waals surface area contributed by atoms with E-state index in [4.69, 9.17) is 10.8 Å². The lowest BCUT2D eigenvalue weighted by molar-refractivity contribution is 0.561. The highest BCUT2D eigenvalue weighted by atomic mass is 19.1. The summed E-state index contributed by atoms with van der Waals surface area (Å²) in [6, 6.07) is 12.6. The highest BCUT2D eigenvalue weighted by Gasteiger charge is 2.08. The molecule has 1 heterocycles. The van der Waals surface area contributed by atoms with E-state index < -0.39 is 5.63 Å². The van der Waals surface area contributed by atoms with E-state index in [-0.39, 0.29) is 5.82 Å². The van der Waals surface area contributed by atoms with Crippen molar-refractivity contribution in [2.24, 2.45) is 0 Å². The number of rotatable bonds is 1. The second-order valence-electron chi connectivity index (χ2n) is 4.34. The molecule has 3 aromatic rings. The van der Waals surface area contributed by atoms with Crippen LogP contribution in [0.4, 0.5) is 4.39 Å². The van der Waals surface area contributed by atoms with Crippen molar-refractivity contribution in [2.45, 2.75) is 0 Å². The van der Waals surface area contributed by atoms with Gasteiger partial charge in [0.15, 0.2) is 0 Å². The quantitative estimate of drug-likeness (QED) is 0.496. The minimum absolute atomic E-state index is 0.323. The maximum atomic E-state index is 13.0. The van der Waals surface area contributed by atoms with Crippen LogP contribution in [0.5, 0.6) is 0 Å². The maximum absolute atomic E-state index is 13.0. The largest absolute Gasteiger partial charge is 0.423 e. The van der Waals surface area contributed by atoms with E-state index in [1.165, 1.54) is 18.2 Å². The van der Waals surface area contributed by atoms with E-state index in [1.807, 2.05) is 0 Å². The van der Waals surface area contributed by atoms with Crippen molar-refractivity contribution < 1.29 is 8.81 Å². The summed E-state index contributed by atoms with van der Waals surface area (Å²) < 4.78 is 18.2. The van der Waals surface area contributed by atoms with Crippen molar-refractivity contribution in [3.05, 3.63) is 70.3 Å². The van der Waals surface area contributed by atoms with E-state index >= 15 is 0 Å². The Morgan fingerprint density at radius 3 is 2.50 bits per heavy atom. The molecule has 0 fully saturated rings. The predicted octanol–water partition coefficient (Wildman–Crippen LogP) is 3.58. The van der Waals surface area contributed by atoms with E-state index in [9.17, 15) is 9.18 Å². The van der Waals surface area contributed by atoms with Gasteiger partial charge >= 0.3 is 5.63 Å². The molecule has 0 aliphatic heterocycles. The SMILES string of the molecule is C#Cc1ccc2c(-c3ccc(F)cc3)cc(=O)oc2c1. The van der Waals surface area contributed by atoms with Gasteiger partial charge in [-0.15, -0.1) is 6.42 Å². The van der Waals surface area contributed by atoms with Crippen molar-refractivity contribution in [1.29, 1.82) is 0 Å². The Morgan fingerprint density at radius 1 is 1.05 bits per heavy atom. The Bertz CT molecular complexity index is 883. The van der Waals surface area contributed by atoms with Crippen molar-refractivity contribution in [3.8, 4) is 23.5 Å². The van der Waals surface area contributed by atoms with Crippen molar-refractivity contribution in [2.75, 3.05) is 0 Å². The number of benzene rings is 2. The molecule has 0 unspecified atom stereocenters. The summed E-state index contributed by atoms with van der Waals surface area (Å²) in [7, 11) is 0. The number of hydrogen-bond acceptors (Lipinski definition) is 2. The van der Waals surface area contributed by atoms with Crippen molar-refractivity contribution >= 4 is 11.0 Å². The van der Waals surface area contributed by atoms with Gasteiger partial charge in [0, 0.05) is 17.0 Å². The Labute approximate surface area is 114 Å². The molecule has 0 aliphatic carbocycles. The van der Waals surface area contributed by atoms with Crippen LogP contribution in [0.25, 0.3) is 22.1 Å². The van der Waals surface area contributed by atoms with Crippen LogP contribution < -0.4 is 5.63 Å². The standard InChI is InChI=1S/C17H9FO2/c1-2-11-3-8-14-15(10-17(19)20-16(14)9-11)12-4-6-13(18)7-5-12/h1,3-10H. The molecule has 3 heteroatoms. The van der Waals surface area contributed by atoms with Crippen molar-refractivity contribution in [1.82, 2.24) is 0 Å². The van der Waals surface area contributed by atoms with E-state index in [0.717, 1.165) is 10.9 Å². The normalized spacial score (nSPS) is 10.4. The smallest absolute Gasteiger partial charge is 0.336 e. The molecule has 0 saturated heterocycles. The molecule has 0 atom stereocenters. The van der Waals surface area contributed by atoms with Crippen LogP contribution in [0.2, 0.25) is 0 Å². The fourth-order valence-electron chi connectivity index (χ4n) is 2.12. The Balaban J connectivity index is 2.33. The van der Waals surface area contributed by atoms with Gasteiger partial charge < -0.3 is 4.42 Å². The lowest BCUT2D eigenvalue weighted by atomic mass is 10.0. The molecular formula is C17H9FO2. The zero-order valence-corrected chi connectivity index (χ0v) is 10.4. The first-order valence-corrected chi connectivity index (χ1v) is 5.98. The molecule has 0 bridgehead atoms. The first-order chi connectivity index (χ1) is 9.67. The van der Waals surface area contributed by atoms with Crippen molar-refractivity contribution in [3.63, 3.8) is 0 Å². The third kappa shape index (κ3) is 2.08. The second kappa shape index (κ2) is 4.67. The summed E-state index contributed by atoms with van der Waals surface area (Å²) in [6.45, 7) is 0. The lowest BCUT2D eigenvalue weighted by Gasteiger charge is -2.06. The van der Waals surface area contributed by atoms with E-state index in [1.54, 1.807) is 30.3 Å². The van der Waals surface area contributed by atoms with Crippen LogP contribution in [0, 0.1) is 18.2 Å². The molecular weight excluding hydrogens is 255 g/mol. The summed E-state index contributed by atoms with van der Waals surface area (Å²) in [5, 5.41) is 0.759. The molecule has 2 aromatic carbocycles. The maximum Gasteiger partial charge on any atom is 0.336 e. The van der Waals surface area contributed by atoms with Crippen LogP contribution in [0.15, 0.2) is 57.7 Å². The fraction of sp³-hybridized carbons (Fsp3) is 0. The van der Waals surface area contributed by atoms with Crippen LogP contribution in [-0.4, -0.2) is 0 Å². The predicted molar refractivity (Wildman–Crippen MR) is 75.8 cm³/mol. The zero-order chi connectivity index (χ0) is 14.1. The van der Waals surface area contributed by atoms with Gasteiger partial charge in [0.2, 0.25) is 0 Å². The Morgan fingerprint density at radius 2 is 1.80 bits per heavy atom. The molecule has 0 aliphatic rings. The van der Waals surface area contributed by atoms with Gasteiger partial charge in [-0.1, -0.05) is 18.1 Å². The van der Waals surface area contributed by atoms with Crippen LogP contribution in [0.1, 0.15) is 5.56 Å². The summed E-state index contributed by atoms with van der Waals surface area (Å²) in [5.74, 6) is 2.17. The molecule has 2 nitrogen and oxygen atoms in total.